The van der Waals surface area contributed by atoms with Crippen LogP contribution in [0.2, 0.25) is 0 Å². The Labute approximate surface area is 156 Å². The van der Waals surface area contributed by atoms with E-state index in [4.69, 9.17) is 0 Å². The number of Topliss-reactive ketones (excluding diaryl/α,β-unsaturated/α-hetero) is 1. The van der Waals surface area contributed by atoms with Gasteiger partial charge in [0.15, 0.2) is 6.67 Å². The second-order valence-corrected chi connectivity index (χ2v) is 6.74. The highest BCUT2D eigenvalue weighted by atomic mass is 16.2. The number of quaternary nitrogens is 1. The zero-order chi connectivity index (χ0) is 19.0. The molecule has 2 atom stereocenters. The molecule has 1 aromatic heterocycles. The summed E-state index contributed by atoms with van der Waals surface area (Å²) in [6.45, 7) is 2.53. The molecule has 7 heteroatoms. The average molecular weight is 362 g/mol. The molecule has 2 heterocycles. The van der Waals surface area contributed by atoms with Gasteiger partial charge in [0.25, 0.3) is 5.78 Å². The zero-order valence-corrected chi connectivity index (χ0v) is 15.2. The fourth-order valence-electron chi connectivity index (χ4n) is 3.33. The van der Waals surface area contributed by atoms with Crippen molar-refractivity contribution in [1.29, 1.82) is 0 Å². The summed E-state index contributed by atoms with van der Waals surface area (Å²) in [4.78, 5) is 31.2. The molecule has 2 aromatic carbocycles. The van der Waals surface area contributed by atoms with Crippen molar-refractivity contribution in [1.82, 2.24) is 14.8 Å². The number of nitrogens with one attached hydrogen (secondary N) is 1. The van der Waals surface area contributed by atoms with Crippen molar-refractivity contribution in [2.45, 2.75) is 13.0 Å². The molecule has 0 spiro atoms. The van der Waals surface area contributed by atoms with Crippen LogP contribution < -0.4 is 9.80 Å². The van der Waals surface area contributed by atoms with Crippen molar-refractivity contribution in [3.63, 3.8) is 0 Å². The van der Waals surface area contributed by atoms with E-state index in [0.717, 1.165) is 16.2 Å². The van der Waals surface area contributed by atoms with Crippen LogP contribution in [-0.4, -0.2) is 40.2 Å². The maximum absolute atomic E-state index is 12.4. The maximum atomic E-state index is 12.4. The minimum atomic E-state index is -0.454. The predicted octanol–water partition coefficient (Wildman–Crippen LogP) is 1.03. The number of hydrogen-bond acceptors (Lipinski definition) is 4. The second kappa shape index (κ2) is 6.77. The van der Waals surface area contributed by atoms with Crippen LogP contribution in [0.4, 0.5) is 5.69 Å². The van der Waals surface area contributed by atoms with Gasteiger partial charge in [-0.15, -0.1) is 0 Å². The topological polar surface area (TPSA) is 72.5 Å². The van der Waals surface area contributed by atoms with E-state index in [1.165, 1.54) is 6.33 Å². The second-order valence-electron chi connectivity index (χ2n) is 6.74. The normalized spacial score (nSPS) is 15.7. The lowest BCUT2D eigenvalue weighted by Gasteiger charge is -2.26. The Bertz CT molecular complexity index is 982. The minimum Gasteiger partial charge on any atom is -0.314 e. The van der Waals surface area contributed by atoms with Crippen molar-refractivity contribution in [3.05, 3.63) is 72.3 Å². The Morgan fingerprint density at radius 2 is 1.81 bits per heavy atom. The molecule has 3 aromatic rings. The summed E-state index contributed by atoms with van der Waals surface area (Å²) in [6, 6.07) is 15.4. The molecule has 1 unspecified atom stereocenters. The Kier molecular flexibility index (Phi) is 4.29. The number of ketones is 1. The van der Waals surface area contributed by atoms with Gasteiger partial charge in [-0.3, -0.25) is 14.5 Å². The van der Waals surface area contributed by atoms with Gasteiger partial charge in [-0.1, -0.05) is 24.3 Å². The molecule has 1 amide bonds. The number of carbonyl (C=O) groups excluding carboxylic acids is 2. The lowest BCUT2D eigenvalue weighted by Crippen LogP contribution is -3.10. The summed E-state index contributed by atoms with van der Waals surface area (Å²) >= 11 is 0. The van der Waals surface area contributed by atoms with Gasteiger partial charge in [0.1, 0.15) is 18.7 Å². The summed E-state index contributed by atoms with van der Waals surface area (Å²) in [7, 11) is 2.02. The van der Waals surface area contributed by atoms with Crippen LogP contribution >= 0.6 is 0 Å². The largest absolute Gasteiger partial charge is 0.314 e. The molecule has 0 saturated heterocycles. The first-order valence-corrected chi connectivity index (χ1v) is 8.79. The van der Waals surface area contributed by atoms with Crippen LogP contribution in [0.25, 0.3) is 5.69 Å². The monoisotopic (exact) mass is 362 g/mol. The van der Waals surface area contributed by atoms with E-state index in [2.05, 4.69) is 29.1 Å². The first-order valence-electron chi connectivity index (χ1n) is 8.79. The van der Waals surface area contributed by atoms with Crippen molar-refractivity contribution in [2.75, 3.05) is 18.6 Å². The summed E-state index contributed by atoms with van der Waals surface area (Å²) in [6.07, 6.45) is 3.16. The molecule has 1 N–H and O–H groups in total. The zero-order valence-electron chi connectivity index (χ0n) is 15.2. The number of amides is 1. The Balaban J connectivity index is 1.51. The molecular formula is C20H20N5O2+. The van der Waals surface area contributed by atoms with Crippen LogP contribution in [0.1, 0.15) is 28.9 Å². The number of carbonyl (C=O) groups is 2. The fourth-order valence-corrected chi connectivity index (χ4v) is 3.33. The van der Waals surface area contributed by atoms with Gasteiger partial charge in [0.2, 0.25) is 0 Å². The van der Waals surface area contributed by atoms with Crippen molar-refractivity contribution < 1.29 is 14.5 Å². The molecule has 136 valence electrons. The third kappa shape index (κ3) is 3.02. The standard InChI is InChI=1S/C20H19N5O2/c1-14(15-7-9-16(10-8-15)25-12-21-11-22-25)23(2)13-24-18-6-4-3-5-17(18)19(26)20(24)27/h3-12,14H,13H2,1-2H3/p+1/t14-/m1/s1. The van der Waals surface area contributed by atoms with Crippen LogP contribution in [0.3, 0.4) is 0 Å². The van der Waals surface area contributed by atoms with Gasteiger partial charge < -0.3 is 4.90 Å². The molecule has 4 rings (SSSR count). The number of hydrogen-bond donors (Lipinski definition) is 1. The number of aromatic nitrogens is 3. The van der Waals surface area contributed by atoms with Gasteiger partial charge in [0.05, 0.1) is 24.0 Å². The van der Waals surface area contributed by atoms with E-state index < -0.39 is 11.7 Å². The maximum Gasteiger partial charge on any atom is 0.303 e. The Morgan fingerprint density at radius 3 is 2.52 bits per heavy atom. The van der Waals surface area contributed by atoms with Crippen LogP contribution in [-0.2, 0) is 4.79 Å². The van der Waals surface area contributed by atoms with E-state index >= 15 is 0 Å². The molecule has 27 heavy (non-hydrogen) atoms. The lowest BCUT2D eigenvalue weighted by atomic mass is 10.1. The quantitative estimate of drug-likeness (QED) is 0.688. The van der Waals surface area contributed by atoms with E-state index in [-0.39, 0.29) is 6.04 Å². The van der Waals surface area contributed by atoms with Crippen LogP contribution in [0, 0.1) is 0 Å². The van der Waals surface area contributed by atoms with Gasteiger partial charge in [-0.2, -0.15) is 5.10 Å². The van der Waals surface area contributed by atoms with Gasteiger partial charge in [0, 0.05) is 5.56 Å². The smallest absolute Gasteiger partial charge is 0.303 e. The summed E-state index contributed by atoms with van der Waals surface area (Å²) in [5, 5.41) is 4.13. The van der Waals surface area contributed by atoms with E-state index in [1.807, 2.05) is 31.3 Å². The number of anilines is 1. The molecule has 7 nitrogen and oxygen atoms in total. The molecule has 0 saturated carbocycles. The predicted molar refractivity (Wildman–Crippen MR) is 99.8 cm³/mol. The number of fused-ring (bicyclic) bond motifs is 1. The first-order chi connectivity index (χ1) is 13.1. The molecule has 0 aliphatic carbocycles. The molecule has 1 aliphatic rings. The Morgan fingerprint density at radius 1 is 1.07 bits per heavy atom. The third-order valence-corrected chi connectivity index (χ3v) is 5.10. The number of rotatable bonds is 5. The van der Waals surface area contributed by atoms with Gasteiger partial charge >= 0.3 is 5.91 Å². The van der Waals surface area contributed by atoms with E-state index in [1.54, 1.807) is 28.0 Å². The molecule has 1 aliphatic heterocycles. The van der Waals surface area contributed by atoms with Crippen molar-refractivity contribution in [2.24, 2.45) is 0 Å². The third-order valence-electron chi connectivity index (χ3n) is 5.10. The molecular weight excluding hydrogens is 342 g/mol. The number of nitrogens with zero attached hydrogens (tertiary/aromatic N) is 4. The summed E-state index contributed by atoms with van der Waals surface area (Å²) in [5.41, 5.74) is 3.26. The van der Waals surface area contributed by atoms with Crippen molar-refractivity contribution in [3.8, 4) is 5.69 Å². The van der Waals surface area contributed by atoms with Crippen LogP contribution in [0.15, 0.2) is 61.2 Å². The molecule has 0 bridgehead atoms. The first kappa shape index (κ1) is 17.1. The molecule has 0 radical (unpaired) electrons. The highest BCUT2D eigenvalue weighted by molar-refractivity contribution is 6.52. The minimum absolute atomic E-state index is 0.144. The summed E-state index contributed by atoms with van der Waals surface area (Å²) < 4.78 is 1.70. The fraction of sp³-hybridized carbons (Fsp3) is 0.200. The summed E-state index contributed by atoms with van der Waals surface area (Å²) in [5.74, 6) is -0.882. The highest BCUT2D eigenvalue weighted by Crippen LogP contribution is 2.27. The van der Waals surface area contributed by atoms with E-state index in [0.29, 0.717) is 17.9 Å². The SMILES string of the molecule is C[C@H](c1ccc(-n2cncn2)cc1)[NH+](C)CN1C(=O)C(=O)c2ccccc21. The number of para-hydroxylation sites is 1. The van der Waals surface area contributed by atoms with Crippen molar-refractivity contribution >= 4 is 17.4 Å². The van der Waals surface area contributed by atoms with Gasteiger partial charge in [-0.25, -0.2) is 9.67 Å². The van der Waals surface area contributed by atoms with E-state index in [9.17, 15) is 9.59 Å². The molecule has 0 fully saturated rings. The van der Waals surface area contributed by atoms with Crippen LogP contribution in [0.5, 0.6) is 0 Å². The van der Waals surface area contributed by atoms with Gasteiger partial charge in [-0.05, 0) is 31.2 Å². The highest BCUT2D eigenvalue weighted by Gasteiger charge is 2.37. The number of benzene rings is 2. The lowest BCUT2D eigenvalue weighted by molar-refractivity contribution is -0.909. The average Bonchev–Trinajstić information content (AvgIpc) is 3.32. The Hall–Kier alpha value is -3.32.